The zero-order chi connectivity index (χ0) is 22.8. The van der Waals surface area contributed by atoms with E-state index >= 15 is 0 Å². The number of nitrogens with zero attached hydrogens (tertiary/aromatic N) is 3. The maximum atomic E-state index is 12.9. The summed E-state index contributed by atoms with van der Waals surface area (Å²) in [5.41, 5.74) is 2.87. The van der Waals surface area contributed by atoms with Gasteiger partial charge in [0, 0.05) is 34.3 Å². The first-order chi connectivity index (χ1) is 16.2. The van der Waals surface area contributed by atoms with Crippen molar-refractivity contribution in [1.82, 2.24) is 14.8 Å². The normalized spacial score (nSPS) is 11.0. The van der Waals surface area contributed by atoms with E-state index in [2.05, 4.69) is 15.4 Å². The monoisotopic (exact) mass is 438 g/mol. The van der Waals surface area contributed by atoms with Gasteiger partial charge in [0.15, 0.2) is 5.65 Å². The summed E-state index contributed by atoms with van der Waals surface area (Å²) in [5.74, 6) is 1.22. The van der Waals surface area contributed by atoms with Crippen LogP contribution < -0.4 is 14.8 Å². The number of benzene rings is 3. The van der Waals surface area contributed by atoms with Crippen LogP contribution >= 0.6 is 0 Å². The number of ether oxygens (including phenoxy) is 2. The Morgan fingerprint density at radius 1 is 0.939 bits per heavy atom. The van der Waals surface area contributed by atoms with Gasteiger partial charge in [-0.15, -0.1) is 0 Å². The van der Waals surface area contributed by atoms with E-state index in [9.17, 15) is 4.79 Å². The highest BCUT2D eigenvalue weighted by atomic mass is 16.5. The first-order valence-corrected chi connectivity index (χ1v) is 10.5. The fourth-order valence-electron chi connectivity index (χ4n) is 3.88. The molecular weight excluding hydrogens is 416 g/mol. The maximum absolute atomic E-state index is 12.9. The highest BCUT2D eigenvalue weighted by Crippen LogP contribution is 2.27. The average Bonchev–Trinajstić information content (AvgIpc) is 3.26. The topological polar surface area (TPSA) is 78.3 Å². The van der Waals surface area contributed by atoms with E-state index in [1.807, 2.05) is 60.7 Å². The molecule has 2 aromatic heterocycles. The van der Waals surface area contributed by atoms with Gasteiger partial charge in [-0.05, 0) is 29.7 Å². The van der Waals surface area contributed by atoms with E-state index in [-0.39, 0.29) is 5.91 Å². The number of carbonyl (C=O) groups is 1. The second kappa shape index (κ2) is 8.63. The molecular formula is C26H22N4O3. The van der Waals surface area contributed by atoms with Crippen molar-refractivity contribution in [2.75, 3.05) is 19.5 Å². The second-order valence-corrected chi connectivity index (χ2v) is 7.60. The minimum Gasteiger partial charge on any atom is -0.497 e. The van der Waals surface area contributed by atoms with Gasteiger partial charge in [-0.1, -0.05) is 36.4 Å². The summed E-state index contributed by atoms with van der Waals surface area (Å²) in [6.45, 7) is 0.477. The molecule has 7 nitrogen and oxygen atoms in total. The molecule has 0 radical (unpaired) electrons. The lowest BCUT2D eigenvalue weighted by molar-refractivity contribution is 0.102. The summed E-state index contributed by atoms with van der Waals surface area (Å²) >= 11 is 0. The van der Waals surface area contributed by atoms with Crippen LogP contribution in [-0.2, 0) is 6.54 Å². The quantitative estimate of drug-likeness (QED) is 0.408. The molecule has 1 amide bonds. The Kier molecular flexibility index (Phi) is 5.36. The lowest BCUT2D eigenvalue weighted by Crippen LogP contribution is -2.12. The Labute approximate surface area is 190 Å². The third kappa shape index (κ3) is 3.96. The minimum atomic E-state index is -0.217. The first kappa shape index (κ1) is 20.5. The van der Waals surface area contributed by atoms with Crippen molar-refractivity contribution in [2.24, 2.45) is 0 Å². The first-order valence-electron chi connectivity index (χ1n) is 10.5. The van der Waals surface area contributed by atoms with Gasteiger partial charge in [0.05, 0.1) is 32.5 Å². The van der Waals surface area contributed by atoms with E-state index in [0.29, 0.717) is 23.5 Å². The smallest absolute Gasteiger partial charge is 0.257 e. The fourth-order valence-corrected chi connectivity index (χ4v) is 3.88. The number of hydrogen-bond donors (Lipinski definition) is 1. The molecule has 5 rings (SSSR count). The van der Waals surface area contributed by atoms with Crippen LogP contribution in [0.5, 0.6) is 11.5 Å². The van der Waals surface area contributed by atoms with Crippen molar-refractivity contribution in [2.45, 2.75) is 6.54 Å². The Morgan fingerprint density at radius 2 is 1.79 bits per heavy atom. The number of anilines is 1. The van der Waals surface area contributed by atoms with E-state index in [0.717, 1.165) is 33.2 Å². The molecule has 0 aliphatic carbocycles. The number of rotatable bonds is 6. The van der Waals surface area contributed by atoms with E-state index in [1.54, 1.807) is 37.4 Å². The summed E-state index contributed by atoms with van der Waals surface area (Å²) in [6.07, 6.45) is 3.29. The standard InChI is InChI=1S/C26H22N4O3/c1-32-21-11-10-18(24(13-21)33-2)16-30-25-19(15-28-30)12-20(14-27-25)26(31)29-23-9-5-7-17-6-3-4-8-22(17)23/h3-15H,16H2,1-2H3,(H,29,31). The molecule has 1 N–H and O–H groups in total. The van der Waals surface area contributed by atoms with Crippen molar-refractivity contribution < 1.29 is 14.3 Å². The molecule has 33 heavy (non-hydrogen) atoms. The average molecular weight is 438 g/mol. The second-order valence-electron chi connectivity index (χ2n) is 7.60. The zero-order valence-electron chi connectivity index (χ0n) is 18.3. The Balaban J connectivity index is 1.40. The van der Waals surface area contributed by atoms with Crippen LogP contribution in [0.1, 0.15) is 15.9 Å². The third-order valence-corrected chi connectivity index (χ3v) is 5.59. The van der Waals surface area contributed by atoms with E-state index in [1.165, 1.54) is 0 Å². The van der Waals surface area contributed by atoms with Crippen LogP contribution in [-0.4, -0.2) is 34.9 Å². The highest BCUT2D eigenvalue weighted by molar-refractivity contribution is 6.09. The molecule has 0 aliphatic heterocycles. The largest absolute Gasteiger partial charge is 0.497 e. The molecule has 0 spiro atoms. The molecule has 0 atom stereocenters. The molecule has 0 fully saturated rings. The number of pyridine rings is 1. The van der Waals surface area contributed by atoms with Gasteiger partial charge in [0.2, 0.25) is 0 Å². The molecule has 0 saturated heterocycles. The van der Waals surface area contributed by atoms with Crippen LogP contribution in [0.4, 0.5) is 5.69 Å². The molecule has 0 saturated carbocycles. The van der Waals surface area contributed by atoms with Crippen molar-refractivity contribution >= 4 is 33.4 Å². The van der Waals surface area contributed by atoms with E-state index in [4.69, 9.17) is 9.47 Å². The van der Waals surface area contributed by atoms with Gasteiger partial charge >= 0.3 is 0 Å². The minimum absolute atomic E-state index is 0.217. The van der Waals surface area contributed by atoms with Crippen LogP contribution in [0.25, 0.3) is 21.8 Å². The SMILES string of the molecule is COc1ccc(Cn2ncc3cc(C(=O)Nc4cccc5ccccc45)cnc32)c(OC)c1. The van der Waals surface area contributed by atoms with Gasteiger partial charge in [0.25, 0.3) is 5.91 Å². The lowest BCUT2D eigenvalue weighted by Gasteiger charge is -2.11. The summed E-state index contributed by atoms with van der Waals surface area (Å²) in [4.78, 5) is 17.5. The van der Waals surface area contributed by atoms with Crippen LogP contribution in [0, 0.1) is 0 Å². The van der Waals surface area contributed by atoms with Gasteiger partial charge in [0.1, 0.15) is 11.5 Å². The predicted molar refractivity (Wildman–Crippen MR) is 128 cm³/mol. The number of nitrogens with one attached hydrogen (secondary N) is 1. The molecule has 164 valence electrons. The Morgan fingerprint density at radius 3 is 2.64 bits per heavy atom. The number of fused-ring (bicyclic) bond motifs is 2. The molecule has 5 aromatic rings. The molecule has 0 aliphatic rings. The summed E-state index contributed by atoms with van der Waals surface area (Å²) < 4.78 is 12.5. The Bertz CT molecular complexity index is 1470. The molecule has 2 heterocycles. The number of aromatic nitrogens is 3. The lowest BCUT2D eigenvalue weighted by atomic mass is 10.1. The van der Waals surface area contributed by atoms with Crippen LogP contribution in [0.3, 0.4) is 0 Å². The molecule has 7 heteroatoms. The Hall–Kier alpha value is -4.39. The predicted octanol–water partition coefficient (Wildman–Crippen LogP) is 4.90. The molecule has 3 aromatic carbocycles. The van der Waals surface area contributed by atoms with Gasteiger partial charge < -0.3 is 14.8 Å². The number of methoxy groups -OCH3 is 2. The van der Waals surface area contributed by atoms with Crippen molar-refractivity contribution in [3.8, 4) is 11.5 Å². The number of carbonyl (C=O) groups excluding carboxylic acids is 1. The van der Waals surface area contributed by atoms with Gasteiger partial charge in [-0.3, -0.25) is 4.79 Å². The number of hydrogen-bond acceptors (Lipinski definition) is 5. The molecule has 0 unspecified atom stereocenters. The summed E-state index contributed by atoms with van der Waals surface area (Å²) in [6, 6.07) is 21.2. The summed E-state index contributed by atoms with van der Waals surface area (Å²) in [7, 11) is 3.24. The van der Waals surface area contributed by atoms with Crippen molar-refractivity contribution in [1.29, 1.82) is 0 Å². The third-order valence-electron chi connectivity index (χ3n) is 5.59. The molecule has 0 bridgehead atoms. The van der Waals surface area contributed by atoms with Gasteiger partial charge in [-0.2, -0.15) is 5.10 Å². The number of amides is 1. The maximum Gasteiger partial charge on any atom is 0.257 e. The van der Waals surface area contributed by atoms with Gasteiger partial charge in [-0.25, -0.2) is 9.67 Å². The highest BCUT2D eigenvalue weighted by Gasteiger charge is 2.14. The fraction of sp³-hybridized carbons (Fsp3) is 0.115. The van der Waals surface area contributed by atoms with Crippen LogP contribution in [0.15, 0.2) is 79.1 Å². The van der Waals surface area contributed by atoms with Crippen molar-refractivity contribution in [3.63, 3.8) is 0 Å². The zero-order valence-corrected chi connectivity index (χ0v) is 18.3. The summed E-state index contributed by atoms with van der Waals surface area (Å²) in [5, 5.41) is 10.3. The van der Waals surface area contributed by atoms with E-state index < -0.39 is 0 Å². The van der Waals surface area contributed by atoms with Crippen LogP contribution in [0.2, 0.25) is 0 Å². The van der Waals surface area contributed by atoms with Crippen molar-refractivity contribution in [3.05, 3.63) is 90.3 Å².